The van der Waals surface area contributed by atoms with Crippen molar-refractivity contribution in [2.75, 3.05) is 10.6 Å². The van der Waals surface area contributed by atoms with Crippen LogP contribution in [0.2, 0.25) is 0 Å². The standard InChI is InChI=1S/C17H24N2OS/c1-12(2)19(11-15-6-5-9-21-15)14-7-8-16(18)17(10-14)20-13(3)4/h5-10,12-13H,11,18H2,1-4H3. The first-order chi connectivity index (χ1) is 9.97. The van der Waals surface area contributed by atoms with Crippen LogP contribution < -0.4 is 15.4 Å². The molecule has 3 nitrogen and oxygen atoms in total. The molecule has 0 saturated carbocycles. The molecule has 2 N–H and O–H groups in total. The lowest BCUT2D eigenvalue weighted by atomic mass is 10.2. The van der Waals surface area contributed by atoms with Gasteiger partial charge in [0.25, 0.3) is 0 Å². The Morgan fingerprint density at radius 3 is 2.52 bits per heavy atom. The van der Waals surface area contributed by atoms with Crippen LogP contribution in [0.25, 0.3) is 0 Å². The van der Waals surface area contributed by atoms with E-state index in [0.29, 0.717) is 11.7 Å². The fourth-order valence-corrected chi connectivity index (χ4v) is 2.90. The van der Waals surface area contributed by atoms with Gasteiger partial charge in [-0.1, -0.05) is 6.07 Å². The average Bonchev–Trinajstić information content (AvgIpc) is 2.91. The van der Waals surface area contributed by atoms with Gasteiger partial charge in [0.15, 0.2) is 0 Å². The van der Waals surface area contributed by atoms with Crippen molar-refractivity contribution >= 4 is 22.7 Å². The highest BCUT2D eigenvalue weighted by Crippen LogP contribution is 2.31. The van der Waals surface area contributed by atoms with Crippen LogP contribution >= 0.6 is 11.3 Å². The third-order valence-corrected chi connectivity index (χ3v) is 4.08. The van der Waals surface area contributed by atoms with Crippen molar-refractivity contribution in [3.63, 3.8) is 0 Å². The number of anilines is 2. The topological polar surface area (TPSA) is 38.5 Å². The molecule has 1 aromatic carbocycles. The predicted molar refractivity (Wildman–Crippen MR) is 92.3 cm³/mol. The summed E-state index contributed by atoms with van der Waals surface area (Å²) in [6.07, 6.45) is 0.118. The molecule has 114 valence electrons. The minimum atomic E-state index is 0.118. The molecule has 0 unspecified atom stereocenters. The zero-order valence-corrected chi connectivity index (χ0v) is 14.0. The van der Waals surface area contributed by atoms with Crippen LogP contribution in [0.3, 0.4) is 0 Å². The highest BCUT2D eigenvalue weighted by molar-refractivity contribution is 7.09. The number of benzene rings is 1. The van der Waals surface area contributed by atoms with Crippen molar-refractivity contribution in [2.45, 2.75) is 46.4 Å². The van der Waals surface area contributed by atoms with E-state index < -0.39 is 0 Å². The number of rotatable bonds is 6. The maximum Gasteiger partial charge on any atom is 0.144 e. The van der Waals surface area contributed by atoms with Gasteiger partial charge in [0, 0.05) is 22.7 Å². The number of hydrogen-bond acceptors (Lipinski definition) is 4. The number of hydrogen-bond donors (Lipinski definition) is 1. The second-order valence-electron chi connectivity index (χ2n) is 5.69. The summed E-state index contributed by atoms with van der Waals surface area (Å²) in [5.41, 5.74) is 7.84. The lowest BCUT2D eigenvalue weighted by Crippen LogP contribution is -2.29. The Morgan fingerprint density at radius 1 is 1.19 bits per heavy atom. The van der Waals surface area contributed by atoms with E-state index in [1.165, 1.54) is 4.88 Å². The predicted octanol–water partition coefficient (Wildman–Crippen LogP) is 4.53. The Labute approximate surface area is 131 Å². The Hall–Kier alpha value is -1.68. The monoisotopic (exact) mass is 304 g/mol. The molecule has 0 atom stereocenters. The zero-order valence-electron chi connectivity index (χ0n) is 13.2. The highest BCUT2D eigenvalue weighted by atomic mass is 32.1. The lowest BCUT2D eigenvalue weighted by Gasteiger charge is -2.29. The molecule has 0 spiro atoms. The minimum Gasteiger partial charge on any atom is -0.489 e. The van der Waals surface area contributed by atoms with Gasteiger partial charge in [0.05, 0.1) is 18.3 Å². The summed E-state index contributed by atoms with van der Waals surface area (Å²) in [6, 6.07) is 10.7. The Morgan fingerprint density at radius 2 is 1.95 bits per heavy atom. The molecule has 0 saturated heterocycles. The molecule has 2 rings (SSSR count). The normalized spacial score (nSPS) is 11.1. The largest absolute Gasteiger partial charge is 0.489 e. The fourth-order valence-electron chi connectivity index (χ4n) is 2.20. The fraction of sp³-hybridized carbons (Fsp3) is 0.412. The number of ether oxygens (including phenoxy) is 1. The Kier molecular flexibility index (Phi) is 5.12. The van der Waals surface area contributed by atoms with Gasteiger partial charge in [-0.05, 0) is 51.3 Å². The zero-order chi connectivity index (χ0) is 15.4. The van der Waals surface area contributed by atoms with Crippen molar-refractivity contribution in [3.8, 4) is 5.75 Å². The molecule has 0 fully saturated rings. The molecule has 0 bridgehead atoms. The van der Waals surface area contributed by atoms with Crippen LogP contribution in [0, 0.1) is 0 Å². The smallest absolute Gasteiger partial charge is 0.144 e. The van der Waals surface area contributed by atoms with Crippen molar-refractivity contribution in [2.24, 2.45) is 0 Å². The van der Waals surface area contributed by atoms with E-state index in [-0.39, 0.29) is 6.10 Å². The number of thiophene rings is 1. The molecule has 0 radical (unpaired) electrons. The molecule has 0 amide bonds. The van der Waals surface area contributed by atoms with Gasteiger partial charge in [0.1, 0.15) is 5.75 Å². The number of nitrogens with two attached hydrogens (primary N) is 1. The van der Waals surface area contributed by atoms with E-state index >= 15 is 0 Å². The summed E-state index contributed by atoms with van der Waals surface area (Å²) < 4.78 is 5.80. The minimum absolute atomic E-state index is 0.118. The molecule has 21 heavy (non-hydrogen) atoms. The van der Waals surface area contributed by atoms with E-state index in [9.17, 15) is 0 Å². The van der Waals surface area contributed by atoms with Crippen molar-refractivity contribution in [1.82, 2.24) is 0 Å². The molecule has 0 aliphatic rings. The van der Waals surface area contributed by atoms with Gasteiger partial charge >= 0.3 is 0 Å². The quantitative estimate of drug-likeness (QED) is 0.797. The van der Waals surface area contributed by atoms with Gasteiger partial charge < -0.3 is 15.4 Å². The van der Waals surface area contributed by atoms with E-state index in [4.69, 9.17) is 10.5 Å². The summed E-state index contributed by atoms with van der Waals surface area (Å²) in [6.45, 7) is 9.33. The first-order valence-electron chi connectivity index (χ1n) is 7.32. The Balaban J connectivity index is 2.27. The molecule has 4 heteroatoms. The Bertz CT molecular complexity index is 564. The maximum absolute atomic E-state index is 6.01. The molecule has 1 aromatic heterocycles. The second-order valence-corrected chi connectivity index (χ2v) is 6.72. The number of nitrogen functional groups attached to an aromatic ring is 1. The van der Waals surface area contributed by atoms with Crippen molar-refractivity contribution < 1.29 is 4.74 Å². The molecule has 0 aliphatic carbocycles. The van der Waals surface area contributed by atoms with E-state index in [1.54, 1.807) is 11.3 Å². The summed E-state index contributed by atoms with van der Waals surface area (Å²) in [7, 11) is 0. The lowest BCUT2D eigenvalue weighted by molar-refractivity contribution is 0.244. The van der Waals surface area contributed by atoms with E-state index in [2.05, 4.69) is 42.3 Å². The van der Waals surface area contributed by atoms with Crippen molar-refractivity contribution in [3.05, 3.63) is 40.6 Å². The van der Waals surface area contributed by atoms with Crippen LogP contribution in [0.4, 0.5) is 11.4 Å². The first-order valence-corrected chi connectivity index (χ1v) is 8.20. The van der Waals surface area contributed by atoms with Gasteiger partial charge in [-0.15, -0.1) is 11.3 Å². The first kappa shape index (κ1) is 15.7. The summed E-state index contributed by atoms with van der Waals surface area (Å²) in [4.78, 5) is 3.71. The molecular weight excluding hydrogens is 280 g/mol. The molecule has 1 heterocycles. The molecule has 2 aromatic rings. The number of nitrogens with zero attached hydrogens (tertiary/aromatic N) is 1. The van der Waals surface area contributed by atoms with E-state index in [1.807, 2.05) is 26.0 Å². The van der Waals surface area contributed by atoms with Crippen LogP contribution in [0.1, 0.15) is 32.6 Å². The van der Waals surface area contributed by atoms with Crippen LogP contribution in [0.15, 0.2) is 35.7 Å². The third-order valence-electron chi connectivity index (χ3n) is 3.22. The van der Waals surface area contributed by atoms with Gasteiger partial charge in [-0.3, -0.25) is 0 Å². The summed E-state index contributed by atoms with van der Waals surface area (Å²) in [5, 5.41) is 2.12. The van der Waals surface area contributed by atoms with E-state index in [0.717, 1.165) is 18.0 Å². The summed E-state index contributed by atoms with van der Waals surface area (Å²) in [5.74, 6) is 0.763. The molecule has 0 aliphatic heterocycles. The third kappa shape index (κ3) is 4.14. The van der Waals surface area contributed by atoms with Crippen molar-refractivity contribution in [1.29, 1.82) is 0 Å². The summed E-state index contributed by atoms with van der Waals surface area (Å²) >= 11 is 1.78. The second kappa shape index (κ2) is 6.85. The van der Waals surface area contributed by atoms with Gasteiger partial charge in [-0.2, -0.15) is 0 Å². The average molecular weight is 304 g/mol. The highest BCUT2D eigenvalue weighted by Gasteiger charge is 2.14. The van der Waals surface area contributed by atoms with Crippen LogP contribution in [-0.2, 0) is 6.54 Å². The molecular formula is C17H24N2OS. The van der Waals surface area contributed by atoms with Crippen LogP contribution in [-0.4, -0.2) is 12.1 Å². The van der Waals surface area contributed by atoms with Crippen LogP contribution in [0.5, 0.6) is 5.75 Å². The van der Waals surface area contributed by atoms with Gasteiger partial charge in [-0.25, -0.2) is 0 Å². The SMILES string of the molecule is CC(C)Oc1cc(N(Cc2cccs2)C(C)C)ccc1N. The maximum atomic E-state index is 6.01. The van der Waals surface area contributed by atoms with Gasteiger partial charge in [0.2, 0.25) is 0 Å².